The number of hydrogen-bond acceptors (Lipinski definition) is 2. The molecule has 0 aliphatic rings. The maximum atomic E-state index is 11.6. The zero-order chi connectivity index (χ0) is 12.3. The van der Waals surface area contributed by atoms with E-state index in [-0.39, 0.29) is 12.3 Å². The predicted octanol–water partition coefficient (Wildman–Crippen LogP) is 1.40. The average Bonchev–Trinajstić information content (AvgIpc) is 2.67. The minimum atomic E-state index is -0.120. The van der Waals surface area contributed by atoms with Crippen LogP contribution in [0.2, 0.25) is 0 Å². The van der Waals surface area contributed by atoms with E-state index in [9.17, 15) is 4.79 Å². The minimum Gasteiger partial charge on any atom is -0.396 e. The van der Waals surface area contributed by atoms with E-state index < -0.39 is 0 Å². The van der Waals surface area contributed by atoms with Crippen molar-refractivity contribution in [2.24, 2.45) is 0 Å². The fourth-order valence-corrected chi connectivity index (χ4v) is 1.87. The highest BCUT2D eigenvalue weighted by atomic mass is 16.2. The molecule has 0 aliphatic carbocycles. The Balaban J connectivity index is 2.27. The zero-order valence-corrected chi connectivity index (χ0v) is 9.81. The average molecular weight is 232 g/mol. The Hall–Kier alpha value is -1.81. The van der Waals surface area contributed by atoms with E-state index in [0.29, 0.717) is 0 Å². The number of nitrogens with zero attached hydrogens (tertiary/aromatic N) is 1. The van der Waals surface area contributed by atoms with Crippen LogP contribution in [0.1, 0.15) is 17.7 Å². The molecule has 1 aromatic carbocycles. The Kier molecular flexibility index (Phi) is 3.44. The predicted molar refractivity (Wildman–Crippen MR) is 66.5 cm³/mol. The summed E-state index contributed by atoms with van der Waals surface area (Å²) >= 11 is 0. The molecule has 0 aliphatic heterocycles. The third-order valence-electron chi connectivity index (χ3n) is 2.78. The van der Waals surface area contributed by atoms with Gasteiger partial charge >= 0.3 is 5.69 Å². The summed E-state index contributed by atoms with van der Waals surface area (Å²) < 4.78 is 1.63. The fourth-order valence-electron chi connectivity index (χ4n) is 1.87. The molecule has 0 fully saturated rings. The molecule has 1 aromatic heterocycles. The van der Waals surface area contributed by atoms with Crippen LogP contribution in [0.5, 0.6) is 0 Å². The van der Waals surface area contributed by atoms with E-state index in [0.717, 1.165) is 24.2 Å². The molecular weight excluding hydrogens is 216 g/mol. The van der Waals surface area contributed by atoms with Crippen LogP contribution in [0.15, 0.2) is 35.3 Å². The number of aliphatic hydroxyl groups excluding tert-OH is 1. The molecular formula is C13H16N2O2. The summed E-state index contributed by atoms with van der Waals surface area (Å²) in [5, 5.41) is 8.76. The van der Waals surface area contributed by atoms with Gasteiger partial charge in [-0.15, -0.1) is 0 Å². The van der Waals surface area contributed by atoms with Crippen LogP contribution in [-0.2, 0) is 6.42 Å². The Morgan fingerprint density at radius 2 is 2.00 bits per heavy atom. The summed E-state index contributed by atoms with van der Waals surface area (Å²) in [5.74, 6) is 0. The standard InChI is InChI=1S/C13H16N2O2/c1-10-9-14-13(17)15(10)12-6-4-11(5-7-12)3-2-8-16/h4-7,9,16H,2-3,8H2,1H3,(H,14,17). The lowest BCUT2D eigenvalue weighted by Gasteiger charge is -2.05. The summed E-state index contributed by atoms with van der Waals surface area (Å²) in [5.41, 5.74) is 2.80. The van der Waals surface area contributed by atoms with Crippen LogP contribution in [0.4, 0.5) is 0 Å². The van der Waals surface area contributed by atoms with E-state index in [1.807, 2.05) is 31.2 Å². The SMILES string of the molecule is Cc1c[nH]c(=O)n1-c1ccc(CCCO)cc1. The van der Waals surface area contributed by atoms with Crippen LogP contribution in [0, 0.1) is 6.92 Å². The van der Waals surface area contributed by atoms with Crippen molar-refractivity contribution in [3.05, 3.63) is 52.2 Å². The van der Waals surface area contributed by atoms with Gasteiger partial charge in [0.05, 0.1) is 5.69 Å². The first-order chi connectivity index (χ1) is 8.22. The van der Waals surface area contributed by atoms with Crippen LogP contribution in [0.3, 0.4) is 0 Å². The van der Waals surface area contributed by atoms with Crippen molar-refractivity contribution in [1.29, 1.82) is 0 Å². The van der Waals surface area contributed by atoms with Gasteiger partial charge < -0.3 is 10.1 Å². The zero-order valence-electron chi connectivity index (χ0n) is 9.81. The summed E-state index contributed by atoms with van der Waals surface area (Å²) in [7, 11) is 0. The van der Waals surface area contributed by atoms with Gasteiger partial charge in [0.25, 0.3) is 0 Å². The molecule has 2 aromatic rings. The van der Waals surface area contributed by atoms with E-state index in [1.165, 1.54) is 5.56 Å². The molecule has 0 atom stereocenters. The largest absolute Gasteiger partial charge is 0.396 e. The van der Waals surface area contributed by atoms with Gasteiger partial charge in [0.2, 0.25) is 0 Å². The molecule has 0 radical (unpaired) electrons. The molecule has 0 bridgehead atoms. The maximum Gasteiger partial charge on any atom is 0.330 e. The molecule has 17 heavy (non-hydrogen) atoms. The van der Waals surface area contributed by atoms with Crippen molar-refractivity contribution in [2.75, 3.05) is 6.61 Å². The van der Waals surface area contributed by atoms with E-state index in [1.54, 1.807) is 10.8 Å². The highest BCUT2D eigenvalue weighted by molar-refractivity contribution is 5.36. The summed E-state index contributed by atoms with van der Waals surface area (Å²) in [6.07, 6.45) is 3.32. The van der Waals surface area contributed by atoms with Crippen LogP contribution in [0.25, 0.3) is 5.69 Å². The van der Waals surface area contributed by atoms with Crippen LogP contribution in [-0.4, -0.2) is 21.3 Å². The number of aliphatic hydroxyl groups is 1. The normalized spacial score (nSPS) is 10.7. The topological polar surface area (TPSA) is 58.0 Å². The molecule has 0 saturated carbocycles. The lowest BCUT2D eigenvalue weighted by Crippen LogP contribution is -2.15. The molecule has 0 spiro atoms. The number of aromatic nitrogens is 2. The maximum absolute atomic E-state index is 11.6. The second kappa shape index (κ2) is 5.01. The molecule has 0 amide bonds. The Bertz CT molecular complexity index is 537. The van der Waals surface area contributed by atoms with Gasteiger partial charge in [0, 0.05) is 18.5 Å². The number of aromatic amines is 1. The third-order valence-corrected chi connectivity index (χ3v) is 2.78. The first kappa shape index (κ1) is 11.7. The van der Waals surface area contributed by atoms with Gasteiger partial charge in [-0.1, -0.05) is 12.1 Å². The van der Waals surface area contributed by atoms with Gasteiger partial charge in [-0.05, 0) is 37.5 Å². The van der Waals surface area contributed by atoms with E-state index in [4.69, 9.17) is 5.11 Å². The van der Waals surface area contributed by atoms with Crippen molar-refractivity contribution in [3.8, 4) is 5.69 Å². The third kappa shape index (κ3) is 2.47. The first-order valence-corrected chi connectivity index (χ1v) is 5.69. The van der Waals surface area contributed by atoms with Gasteiger partial charge in [0.15, 0.2) is 0 Å². The van der Waals surface area contributed by atoms with Gasteiger partial charge in [-0.25, -0.2) is 4.79 Å². The number of nitrogens with one attached hydrogen (secondary N) is 1. The second-order valence-electron chi connectivity index (χ2n) is 4.06. The molecule has 0 saturated heterocycles. The smallest absolute Gasteiger partial charge is 0.330 e. The summed E-state index contributed by atoms with van der Waals surface area (Å²) in [6, 6.07) is 7.83. The van der Waals surface area contributed by atoms with Crippen molar-refractivity contribution >= 4 is 0 Å². The van der Waals surface area contributed by atoms with E-state index >= 15 is 0 Å². The van der Waals surface area contributed by atoms with Gasteiger partial charge in [-0.3, -0.25) is 4.57 Å². The molecule has 4 nitrogen and oxygen atoms in total. The highest BCUT2D eigenvalue weighted by Gasteiger charge is 2.04. The Labute approximate surface area is 99.5 Å². The van der Waals surface area contributed by atoms with Crippen molar-refractivity contribution < 1.29 is 5.11 Å². The van der Waals surface area contributed by atoms with Gasteiger partial charge in [0.1, 0.15) is 0 Å². The van der Waals surface area contributed by atoms with Crippen molar-refractivity contribution in [2.45, 2.75) is 19.8 Å². The number of aryl methyl sites for hydroxylation is 2. The molecule has 0 unspecified atom stereocenters. The summed E-state index contributed by atoms with van der Waals surface area (Å²) in [4.78, 5) is 14.2. The quantitative estimate of drug-likeness (QED) is 0.837. The monoisotopic (exact) mass is 232 g/mol. The molecule has 4 heteroatoms. The van der Waals surface area contributed by atoms with Crippen LogP contribution >= 0.6 is 0 Å². The van der Waals surface area contributed by atoms with Crippen molar-refractivity contribution in [3.63, 3.8) is 0 Å². The lowest BCUT2D eigenvalue weighted by molar-refractivity contribution is 0.288. The molecule has 1 heterocycles. The Morgan fingerprint density at radius 3 is 2.53 bits per heavy atom. The number of imidazole rings is 1. The highest BCUT2D eigenvalue weighted by Crippen LogP contribution is 2.11. The number of H-pyrrole nitrogens is 1. The fraction of sp³-hybridized carbons (Fsp3) is 0.308. The minimum absolute atomic E-state index is 0.120. The number of benzene rings is 1. The molecule has 2 N–H and O–H groups in total. The Morgan fingerprint density at radius 1 is 1.29 bits per heavy atom. The van der Waals surface area contributed by atoms with Gasteiger partial charge in [-0.2, -0.15) is 0 Å². The van der Waals surface area contributed by atoms with Crippen LogP contribution < -0.4 is 5.69 Å². The number of rotatable bonds is 4. The molecule has 2 rings (SSSR count). The van der Waals surface area contributed by atoms with E-state index in [2.05, 4.69) is 4.98 Å². The molecule has 90 valence electrons. The van der Waals surface area contributed by atoms with Crippen molar-refractivity contribution in [1.82, 2.24) is 9.55 Å². The lowest BCUT2D eigenvalue weighted by atomic mass is 10.1. The number of hydrogen-bond donors (Lipinski definition) is 2. The second-order valence-corrected chi connectivity index (χ2v) is 4.06. The first-order valence-electron chi connectivity index (χ1n) is 5.69. The summed E-state index contributed by atoms with van der Waals surface area (Å²) in [6.45, 7) is 2.09.